The lowest BCUT2D eigenvalue weighted by atomic mass is 9.99. The lowest BCUT2D eigenvalue weighted by Gasteiger charge is -2.20. The summed E-state index contributed by atoms with van der Waals surface area (Å²) in [6.07, 6.45) is -0.145. The van der Waals surface area contributed by atoms with Crippen LogP contribution < -0.4 is 20.1 Å². The predicted molar refractivity (Wildman–Crippen MR) is 101 cm³/mol. The van der Waals surface area contributed by atoms with E-state index in [2.05, 4.69) is 10.6 Å². The Bertz CT molecular complexity index is 768. The average Bonchev–Trinajstić information content (AvgIpc) is 2.64. The maximum absolute atomic E-state index is 14.6. The minimum absolute atomic E-state index is 0. The molecule has 0 aromatic heterocycles. The number of rotatable bonds is 5. The first-order valence-corrected chi connectivity index (χ1v) is 8.21. The first-order chi connectivity index (χ1) is 12.1. The van der Waals surface area contributed by atoms with Crippen LogP contribution in [0.15, 0.2) is 36.4 Å². The molecule has 0 saturated heterocycles. The fourth-order valence-electron chi connectivity index (χ4n) is 2.78. The van der Waals surface area contributed by atoms with Crippen molar-refractivity contribution in [2.75, 3.05) is 19.0 Å². The van der Waals surface area contributed by atoms with Crippen LogP contribution in [0.1, 0.15) is 18.1 Å². The van der Waals surface area contributed by atoms with Crippen molar-refractivity contribution in [2.45, 2.75) is 26.0 Å². The van der Waals surface area contributed by atoms with Crippen LogP contribution >= 0.6 is 12.4 Å². The number of nitrogens with one attached hydrogen (secondary N) is 2. The highest BCUT2D eigenvalue weighted by Gasteiger charge is 2.20. The van der Waals surface area contributed by atoms with Gasteiger partial charge in [0.2, 0.25) is 0 Å². The SMILES string of the molecule is COc1ccc(OC(C)C(=O)Nc2ccc3c(c2F)CCNC3)cc1.Cl. The molecular formula is C19H22ClFN2O3. The van der Waals surface area contributed by atoms with E-state index >= 15 is 0 Å². The normalized spacial score (nSPS) is 13.8. The second-order valence-electron chi connectivity index (χ2n) is 5.92. The minimum atomic E-state index is -0.759. The van der Waals surface area contributed by atoms with Crippen LogP contribution in [-0.2, 0) is 17.8 Å². The Labute approximate surface area is 158 Å². The van der Waals surface area contributed by atoms with Crippen LogP contribution in [0.5, 0.6) is 11.5 Å². The first kappa shape index (κ1) is 20.0. The molecule has 1 aliphatic heterocycles. The Hall–Kier alpha value is -2.31. The summed E-state index contributed by atoms with van der Waals surface area (Å²) in [6.45, 7) is 3.01. The summed E-state index contributed by atoms with van der Waals surface area (Å²) >= 11 is 0. The van der Waals surface area contributed by atoms with E-state index in [0.717, 1.165) is 12.1 Å². The number of ether oxygens (including phenoxy) is 2. The molecule has 2 aromatic carbocycles. The molecular weight excluding hydrogens is 359 g/mol. The molecule has 1 heterocycles. The van der Waals surface area contributed by atoms with E-state index in [9.17, 15) is 9.18 Å². The maximum atomic E-state index is 14.6. The Morgan fingerprint density at radius 1 is 1.19 bits per heavy atom. The molecule has 0 radical (unpaired) electrons. The van der Waals surface area contributed by atoms with Crippen molar-refractivity contribution in [2.24, 2.45) is 0 Å². The second-order valence-corrected chi connectivity index (χ2v) is 5.92. The van der Waals surface area contributed by atoms with E-state index in [1.54, 1.807) is 44.4 Å². The largest absolute Gasteiger partial charge is 0.497 e. The van der Waals surface area contributed by atoms with Crippen molar-refractivity contribution in [1.82, 2.24) is 5.32 Å². The Kier molecular flexibility index (Phi) is 6.83. The zero-order valence-corrected chi connectivity index (χ0v) is 15.5. The van der Waals surface area contributed by atoms with Crippen molar-refractivity contribution in [1.29, 1.82) is 0 Å². The zero-order chi connectivity index (χ0) is 17.8. The van der Waals surface area contributed by atoms with Crippen molar-refractivity contribution in [3.8, 4) is 11.5 Å². The fourth-order valence-corrected chi connectivity index (χ4v) is 2.78. The van der Waals surface area contributed by atoms with Gasteiger partial charge in [-0.1, -0.05) is 6.07 Å². The van der Waals surface area contributed by atoms with Crippen molar-refractivity contribution in [3.05, 3.63) is 53.3 Å². The molecule has 7 heteroatoms. The van der Waals surface area contributed by atoms with Crippen molar-refractivity contribution < 1.29 is 18.7 Å². The molecule has 5 nitrogen and oxygen atoms in total. The molecule has 0 bridgehead atoms. The van der Waals surface area contributed by atoms with Gasteiger partial charge in [0.15, 0.2) is 6.10 Å². The molecule has 0 aliphatic carbocycles. The molecule has 1 atom stereocenters. The number of amides is 1. The van der Waals surface area contributed by atoms with Gasteiger partial charge >= 0.3 is 0 Å². The lowest BCUT2D eigenvalue weighted by molar-refractivity contribution is -0.122. The van der Waals surface area contributed by atoms with Gasteiger partial charge in [0.25, 0.3) is 5.91 Å². The van der Waals surface area contributed by atoms with Crippen molar-refractivity contribution in [3.63, 3.8) is 0 Å². The van der Waals surface area contributed by atoms with Gasteiger partial charge in [0.05, 0.1) is 12.8 Å². The molecule has 2 aromatic rings. The van der Waals surface area contributed by atoms with Crippen LogP contribution in [0.3, 0.4) is 0 Å². The maximum Gasteiger partial charge on any atom is 0.265 e. The molecule has 3 rings (SSSR count). The molecule has 0 saturated carbocycles. The number of halogens is 2. The summed E-state index contributed by atoms with van der Waals surface area (Å²) < 4.78 is 25.3. The molecule has 1 aliphatic rings. The van der Waals surface area contributed by atoms with Crippen molar-refractivity contribution >= 4 is 24.0 Å². The number of hydrogen-bond donors (Lipinski definition) is 2. The number of hydrogen-bond acceptors (Lipinski definition) is 4. The van der Waals surface area contributed by atoms with Gasteiger partial charge in [-0.05, 0) is 61.3 Å². The van der Waals surface area contributed by atoms with Gasteiger partial charge in [-0.2, -0.15) is 0 Å². The summed E-state index contributed by atoms with van der Waals surface area (Å²) in [5.74, 6) is 0.489. The smallest absolute Gasteiger partial charge is 0.265 e. The highest BCUT2D eigenvalue weighted by Crippen LogP contribution is 2.25. The summed E-state index contributed by atoms with van der Waals surface area (Å²) in [7, 11) is 1.58. The van der Waals surface area contributed by atoms with Crippen LogP contribution in [0.25, 0.3) is 0 Å². The molecule has 1 amide bonds. The van der Waals surface area contributed by atoms with Crippen LogP contribution in [0, 0.1) is 5.82 Å². The van der Waals surface area contributed by atoms with E-state index in [0.29, 0.717) is 30.0 Å². The number of carbonyl (C=O) groups is 1. The third-order valence-electron chi connectivity index (χ3n) is 4.21. The second kappa shape index (κ2) is 8.87. The molecule has 0 spiro atoms. The number of carbonyl (C=O) groups excluding carboxylic acids is 1. The standard InChI is InChI=1S/C19H21FN2O3.ClH/c1-12(25-15-6-4-14(24-2)5-7-15)19(23)22-17-8-3-13-11-21-10-9-16(13)18(17)20;/h3-8,12,21H,9-11H2,1-2H3,(H,22,23);1H. The van der Waals surface area contributed by atoms with Crippen LogP contribution in [0.2, 0.25) is 0 Å². The number of methoxy groups -OCH3 is 1. The minimum Gasteiger partial charge on any atom is -0.497 e. The summed E-state index contributed by atoms with van der Waals surface area (Å²) in [6, 6.07) is 10.4. The van der Waals surface area contributed by atoms with E-state index < -0.39 is 12.0 Å². The van der Waals surface area contributed by atoms with Gasteiger partial charge in [-0.25, -0.2) is 4.39 Å². The quantitative estimate of drug-likeness (QED) is 0.835. The molecule has 2 N–H and O–H groups in total. The third-order valence-corrected chi connectivity index (χ3v) is 4.21. The van der Waals surface area contributed by atoms with E-state index in [4.69, 9.17) is 9.47 Å². The first-order valence-electron chi connectivity index (χ1n) is 8.21. The number of anilines is 1. The Morgan fingerprint density at radius 2 is 1.88 bits per heavy atom. The van der Waals surface area contributed by atoms with E-state index in [1.807, 2.05) is 6.07 Å². The highest BCUT2D eigenvalue weighted by molar-refractivity contribution is 5.94. The Balaban J connectivity index is 0.00000243. The van der Waals surface area contributed by atoms with E-state index in [-0.39, 0.29) is 23.9 Å². The topological polar surface area (TPSA) is 59.6 Å². The summed E-state index contributed by atoms with van der Waals surface area (Å²) in [5.41, 5.74) is 1.79. The van der Waals surface area contributed by atoms with Gasteiger partial charge in [0.1, 0.15) is 17.3 Å². The monoisotopic (exact) mass is 380 g/mol. The fraction of sp³-hybridized carbons (Fsp3) is 0.316. The third kappa shape index (κ3) is 4.45. The average molecular weight is 381 g/mol. The molecule has 1 unspecified atom stereocenters. The number of fused-ring (bicyclic) bond motifs is 1. The summed E-state index contributed by atoms with van der Waals surface area (Å²) in [5, 5.41) is 5.82. The lowest BCUT2D eigenvalue weighted by Crippen LogP contribution is -2.31. The van der Waals surface area contributed by atoms with Gasteiger partial charge in [0, 0.05) is 6.54 Å². The summed E-state index contributed by atoms with van der Waals surface area (Å²) in [4.78, 5) is 12.3. The van der Waals surface area contributed by atoms with Gasteiger partial charge in [-0.3, -0.25) is 4.79 Å². The van der Waals surface area contributed by atoms with Gasteiger partial charge in [-0.15, -0.1) is 12.4 Å². The van der Waals surface area contributed by atoms with Crippen LogP contribution in [-0.4, -0.2) is 25.7 Å². The molecule has 26 heavy (non-hydrogen) atoms. The Morgan fingerprint density at radius 3 is 2.58 bits per heavy atom. The highest BCUT2D eigenvalue weighted by atomic mass is 35.5. The zero-order valence-electron chi connectivity index (χ0n) is 14.7. The van der Waals surface area contributed by atoms with Gasteiger partial charge < -0.3 is 20.1 Å². The van der Waals surface area contributed by atoms with Crippen LogP contribution in [0.4, 0.5) is 10.1 Å². The van der Waals surface area contributed by atoms with E-state index in [1.165, 1.54) is 0 Å². The molecule has 0 fully saturated rings. The predicted octanol–water partition coefficient (Wildman–Crippen LogP) is 3.31. The number of benzene rings is 2. The molecule has 140 valence electrons.